The molecule has 15 heavy (non-hydrogen) atoms. The summed E-state index contributed by atoms with van der Waals surface area (Å²) in [7, 11) is 0. The van der Waals surface area contributed by atoms with Gasteiger partial charge in [-0.15, -0.1) is 0 Å². The highest BCUT2D eigenvalue weighted by Crippen LogP contribution is 2.26. The summed E-state index contributed by atoms with van der Waals surface area (Å²) in [5.41, 5.74) is -0.890. The van der Waals surface area contributed by atoms with Crippen LogP contribution in [0.1, 0.15) is 19.8 Å². The average molecular weight is 228 g/mol. The van der Waals surface area contributed by atoms with Crippen LogP contribution in [-0.4, -0.2) is 31.0 Å². The zero-order valence-electron chi connectivity index (χ0n) is 8.10. The van der Waals surface area contributed by atoms with Crippen molar-refractivity contribution in [1.82, 2.24) is 0 Å². The minimum atomic E-state index is -5.03. The Hall–Kier alpha value is -0.820. The zero-order chi connectivity index (χ0) is 11.5. The van der Waals surface area contributed by atoms with Crippen molar-refractivity contribution < 1.29 is 32.5 Å². The minimum absolute atomic E-state index is 0.375. The average Bonchev–Trinajstić information content (AvgIpc) is 2.14. The molecule has 4 nitrogen and oxygen atoms in total. The highest BCUT2D eigenvalue weighted by Gasteiger charge is 2.43. The van der Waals surface area contributed by atoms with Gasteiger partial charge in [-0.2, -0.15) is 18.1 Å². The molecule has 1 saturated heterocycles. The van der Waals surface area contributed by atoms with Crippen LogP contribution in [0.3, 0.4) is 0 Å². The van der Waals surface area contributed by atoms with Crippen molar-refractivity contribution in [3.05, 3.63) is 0 Å². The monoisotopic (exact) mass is 228 g/mol. The molecule has 1 aliphatic heterocycles. The summed E-state index contributed by atoms with van der Waals surface area (Å²) in [4.78, 5) is 18.6. The van der Waals surface area contributed by atoms with Crippen LogP contribution in [0.25, 0.3) is 0 Å². The lowest BCUT2D eigenvalue weighted by atomic mass is 9.97. The molecule has 0 radical (unpaired) electrons. The van der Waals surface area contributed by atoms with E-state index in [-0.39, 0.29) is 0 Å². The van der Waals surface area contributed by atoms with Crippen molar-refractivity contribution in [2.24, 2.45) is 0 Å². The maximum Gasteiger partial charge on any atom is 0.494 e. The van der Waals surface area contributed by atoms with E-state index in [4.69, 9.17) is 4.74 Å². The number of alkyl halides is 3. The quantitative estimate of drug-likeness (QED) is 0.531. The molecule has 0 aromatic carbocycles. The highest BCUT2D eigenvalue weighted by molar-refractivity contribution is 5.74. The van der Waals surface area contributed by atoms with Crippen molar-refractivity contribution in [2.45, 2.75) is 31.5 Å². The maximum atomic E-state index is 11.7. The molecule has 0 atom stereocenters. The first-order valence-electron chi connectivity index (χ1n) is 4.38. The number of hydrogen-bond donors (Lipinski definition) is 0. The number of ether oxygens (including phenoxy) is 1. The van der Waals surface area contributed by atoms with E-state index >= 15 is 0 Å². The van der Waals surface area contributed by atoms with E-state index in [2.05, 4.69) is 9.78 Å². The van der Waals surface area contributed by atoms with E-state index in [0.717, 1.165) is 0 Å². The molecule has 1 fully saturated rings. The summed E-state index contributed by atoms with van der Waals surface area (Å²) in [5, 5.41) is 0. The predicted octanol–water partition coefficient (Wildman–Crippen LogP) is 1.59. The molecule has 7 heteroatoms. The molecular weight excluding hydrogens is 217 g/mol. The third-order valence-corrected chi connectivity index (χ3v) is 2.10. The van der Waals surface area contributed by atoms with E-state index < -0.39 is 17.7 Å². The number of hydrogen-bond acceptors (Lipinski definition) is 4. The van der Waals surface area contributed by atoms with Gasteiger partial charge in [0.25, 0.3) is 0 Å². The van der Waals surface area contributed by atoms with E-state index in [9.17, 15) is 18.0 Å². The molecule has 0 saturated carbocycles. The summed E-state index contributed by atoms with van der Waals surface area (Å²) in [5.74, 6) is -2.34. The van der Waals surface area contributed by atoms with Crippen molar-refractivity contribution in [3.63, 3.8) is 0 Å². The van der Waals surface area contributed by atoms with Crippen LogP contribution in [0, 0.1) is 0 Å². The zero-order valence-corrected chi connectivity index (χ0v) is 8.10. The summed E-state index contributed by atoms with van der Waals surface area (Å²) < 4.78 is 40.2. The van der Waals surface area contributed by atoms with E-state index in [1.165, 1.54) is 0 Å². The fourth-order valence-corrected chi connectivity index (χ4v) is 1.07. The molecular formula is C8H11F3O4. The molecule has 88 valence electrons. The van der Waals surface area contributed by atoms with Crippen LogP contribution in [0.5, 0.6) is 0 Å². The molecule has 0 bridgehead atoms. The number of carbonyl (C=O) groups excluding carboxylic acids is 1. The molecule has 0 N–H and O–H groups in total. The molecule has 0 aromatic rings. The van der Waals surface area contributed by atoms with Gasteiger partial charge in [-0.1, -0.05) is 0 Å². The first kappa shape index (κ1) is 12.3. The third-order valence-electron chi connectivity index (χ3n) is 2.10. The first-order valence-corrected chi connectivity index (χ1v) is 4.38. The van der Waals surface area contributed by atoms with Crippen LogP contribution in [0.2, 0.25) is 0 Å². The van der Waals surface area contributed by atoms with Gasteiger partial charge >= 0.3 is 12.1 Å². The standard InChI is InChI=1S/C8H11F3O4/c1-7(2-4-13-5-3-7)15-14-6(12)8(9,10)11/h2-5H2,1H3. The van der Waals surface area contributed by atoms with Crippen molar-refractivity contribution >= 4 is 5.97 Å². The molecule has 0 unspecified atom stereocenters. The summed E-state index contributed by atoms with van der Waals surface area (Å²) in [6.45, 7) is 2.32. The maximum absolute atomic E-state index is 11.7. The second kappa shape index (κ2) is 4.36. The SMILES string of the molecule is CC1(OOC(=O)C(F)(F)F)CCOCC1. The Bertz CT molecular complexity index is 233. The Labute approximate surface area is 84.2 Å². The van der Waals surface area contributed by atoms with Gasteiger partial charge in [0.1, 0.15) is 5.60 Å². The lowest BCUT2D eigenvalue weighted by molar-refractivity contribution is -0.355. The number of rotatable bonds is 2. The van der Waals surface area contributed by atoms with E-state index in [0.29, 0.717) is 26.1 Å². The van der Waals surface area contributed by atoms with Crippen molar-refractivity contribution in [2.75, 3.05) is 13.2 Å². The van der Waals surface area contributed by atoms with Gasteiger partial charge in [-0.25, -0.2) is 4.79 Å². The fourth-order valence-electron chi connectivity index (χ4n) is 1.07. The first-order chi connectivity index (χ1) is 6.83. The molecule has 1 aliphatic rings. The lowest BCUT2D eigenvalue weighted by Gasteiger charge is -2.30. The van der Waals surface area contributed by atoms with Gasteiger partial charge in [-0.3, -0.25) is 4.89 Å². The Balaban J connectivity index is 2.38. The van der Waals surface area contributed by atoms with Gasteiger partial charge in [0.2, 0.25) is 0 Å². The number of carbonyl (C=O) groups is 1. The van der Waals surface area contributed by atoms with Gasteiger partial charge < -0.3 is 4.74 Å². The third kappa shape index (κ3) is 3.67. The summed E-state index contributed by atoms with van der Waals surface area (Å²) in [6.07, 6.45) is -4.25. The predicted molar refractivity (Wildman–Crippen MR) is 41.7 cm³/mol. The topological polar surface area (TPSA) is 44.8 Å². The molecule has 1 rings (SSSR count). The normalized spacial score (nSPS) is 21.1. The van der Waals surface area contributed by atoms with Gasteiger partial charge in [0.05, 0.1) is 0 Å². The van der Waals surface area contributed by atoms with Crippen LogP contribution in [0.4, 0.5) is 13.2 Å². The minimum Gasteiger partial charge on any atom is -0.381 e. The van der Waals surface area contributed by atoms with Gasteiger partial charge in [0, 0.05) is 26.1 Å². The Morgan fingerprint density at radius 2 is 1.87 bits per heavy atom. The van der Waals surface area contributed by atoms with E-state index in [1.54, 1.807) is 6.92 Å². The highest BCUT2D eigenvalue weighted by atomic mass is 19.4. The van der Waals surface area contributed by atoms with E-state index in [1.807, 2.05) is 0 Å². The molecule has 0 aromatic heterocycles. The van der Waals surface area contributed by atoms with Crippen molar-refractivity contribution in [3.8, 4) is 0 Å². The second-order valence-corrected chi connectivity index (χ2v) is 3.51. The lowest BCUT2D eigenvalue weighted by Crippen LogP contribution is -2.38. The Morgan fingerprint density at radius 3 is 2.33 bits per heavy atom. The fraction of sp³-hybridized carbons (Fsp3) is 0.875. The molecule has 0 amide bonds. The van der Waals surface area contributed by atoms with Crippen molar-refractivity contribution in [1.29, 1.82) is 0 Å². The molecule has 0 spiro atoms. The summed E-state index contributed by atoms with van der Waals surface area (Å²) in [6, 6.07) is 0. The summed E-state index contributed by atoms with van der Waals surface area (Å²) >= 11 is 0. The van der Waals surface area contributed by atoms with Gasteiger partial charge in [0.15, 0.2) is 0 Å². The largest absolute Gasteiger partial charge is 0.494 e. The smallest absolute Gasteiger partial charge is 0.381 e. The number of halogens is 3. The van der Waals surface area contributed by atoms with Crippen LogP contribution >= 0.6 is 0 Å². The van der Waals surface area contributed by atoms with Gasteiger partial charge in [-0.05, 0) is 6.92 Å². The van der Waals surface area contributed by atoms with Crippen LogP contribution in [-0.2, 0) is 19.3 Å². The van der Waals surface area contributed by atoms with Crippen LogP contribution in [0.15, 0.2) is 0 Å². The Morgan fingerprint density at radius 1 is 1.33 bits per heavy atom. The van der Waals surface area contributed by atoms with Crippen LogP contribution < -0.4 is 0 Å². The molecule has 0 aliphatic carbocycles. The molecule has 1 heterocycles. The Kier molecular flexibility index (Phi) is 3.56. The second-order valence-electron chi connectivity index (χ2n) is 3.51.